The number of likely N-dealkylation sites (tertiary alicyclic amines) is 1. The Morgan fingerprint density at radius 2 is 2.00 bits per heavy atom. The number of hydrogen-bond donors (Lipinski definition) is 1. The Morgan fingerprint density at radius 3 is 2.56 bits per heavy atom. The van der Waals surface area contributed by atoms with E-state index >= 15 is 0 Å². The van der Waals surface area contributed by atoms with Crippen LogP contribution in [-0.4, -0.2) is 42.0 Å². The van der Waals surface area contributed by atoms with Gasteiger partial charge in [0.15, 0.2) is 0 Å². The van der Waals surface area contributed by atoms with Gasteiger partial charge in [-0.1, -0.05) is 13.3 Å². The number of pyridine rings is 1. The second-order valence-electron chi connectivity index (χ2n) is 8.30. The number of carbonyl (C=O) groups excluding carboxylic acids is 1. The van der Waals surface area contributed by atoms with E-state index in [1.165, 1.54) is 32.1 Å². The fourth-order valence-corrected chi connectivity index (χ4v) is 5.65. The van der Waals surface area contributed by atoms with Gasteiger partial charge < -0.3 is 10.5 Å². The highest BCUT2D eigenvalue weighted by Gasteiger charge is 2.54. The lowest BCUT2D eigenvalue weighted by Crippen LogP contribution is -2.62. The molecule has 136 valence electrons. The zero-order valence-electron chi connectivity index (χ0n) is 15.3. The van der Waals surface area contributed by atoms with Gasteiger partial charge in [0.25, 0.3) is 5.91 Å². The molecule has 3 atom stereocenters. The Morgan fingerprint density at radius 1 is 1.32 bits per heavy atom. The van der Waals surface area contributed by atoms with Crippen LogP contribution in [0.3, 0.4) is 0 Å². The van der Waals surface area contributed by atoms with E-state index in [-0.39, 0.29) is 5.60 Å². The molecule has 1 aromatic rings. The van der Waals surface area contributed by atoms with Crippen molar-refractivity contribution in [2.45, 2.75) is 50.7 Å². The number of amides is 1. The molecule has 5 heteroatoms. The van der Waals surface area contributed by atoms with E-state index < -0.39 is 5.91 Å². The van der Waals surface area contributed by atoms with Crippen LogP contribution in [0.5, 0.6) is 0 Å². The van der Waals surface area contributed by atoms with Crippen LogP contribution in [0.4, 0.5) is 0 Å². The van der Waals surface area contributed by atoms with E-state index in [1.807, 2.05) is 19.2 Å². The molecule has 25 heavy (non-hydrogen) atoms. The fraction of sp³-hybridized carbons (Fsp3) is 0.700. The second kappa shape index (κ2) is 6.36. The van der Waals surface area contributed by atoms with Crippen LogP contribution < -0.4 is 5.73 Å². The molecule has 4 rings (SSSR count). The highest BCUT2D eigenvalue weighted by molar-refractivity contribution is 5.90. The number of aromatic nitrogens is 1. The number of piperidine rings is 1. The van der Waals surface area contributed by atoms with Gasteiger partial charge in [-0.15, -0.1) is 0 Å². The summed E-state index contributed by atoms with van der Waals surface area (Å²) in [6, 6.07) is 4.63. The average Bonchev–Trinajstić information content (AvgIpc) is 2.57. The number of hydrogen-bond acceptors (Lipinski definition) is 4. The van der Waals surface area contributed by atoms with Gasteiger partial charge >= 0.3 is 0 Å². The average molecular weight is 343 g/mol. The summed E-state index contributed by atoms with van der Waals surface area (Å²) in [6.45, 7) is 4.54. The topological polar surface area (TPSA) is 68.5 Å². The van der Waals surface area contributed by atoms with Crippen molar-refractivity contribution >= 4 is 5.91 Å². The molecule has 1 saturated heterocycles. The maximum Gasteiger partial charge on any atom is 0.267 e. The Labute approximate surface area is 149 Å². The van der Waals surface area contributed by atoms with E-state index in [0.717, 1.165) is 30.6 Å². The third-order valence-corrected chi connectivity index (χ3v) is 6.89. The summed E-state index contributed by atoms with van der Waals surface area (Å²) in [5.41, 5.74) is 6.57. The molecule has 2 bridgehead atoms. The van der Waals surface area contributed by atoms with Gasteiger partial charge in [-0.3, -0.25) is 14.7 Å². The van der Waals surface area contributed by atoms with E-state index in [1.54, 1.807) is 6.20 Å². The van der Waals surface area contributed by atoms with Crippen LogP contribution >= 0.6 is 0 Å². The SMILES string of the molecule is COC1(c2ccnc(C(N)=O)c2)[C@@H]2CCC[C@H]1CN(C1CC(C)C1)C2. The van der Waals surface area contributed by atoms with Crippen molar-refractivity contribution in [3.63, 3.8) is 0 Å². The predicted octanol–water partition coefficient (Wildman–Crippen LogP) is 2.55. The Hall–Kier alpha value is -1.46. The molecular formula is C20H29N3O2. The Bertz CT molecular complexity index is 642. The van der Waals surface area contributed by atoms with Crippen molar-refractivity contribution in [3.05, 3.63) is 29.6 Å². The maximum atomic E-state index is 11.6. The first-order chi connectivity index (χ1) is 12.0. The Kier molecular flexibility index (Phi) is 4.32. The second-order valence-corrected chi connectivity index (χ2v) is 8.30. The summed E-state index contributed by atoms with van der Waals surface area (Å²) in [5.74, 6) is 1.32. The third-order valence-electron chi connectivity index (χ3n) is 6.89. The van der Waals surface area contributed by atoms with Crippen molar-refractivity contribution in [2.75, 3.05) is 20.2 Å². The lowest BCUT2D eigenvalue weighted by atomic mass is 9.61. The molecule has 0 spiro atoms. The molecule has 2 saturated carbocycles. The van der Waals surface area contributed by atoms with Crippen LogP contribution in [0, 0.1) is 17.8 Å². The molecule has 3 aliphatic rings. The van der Waals surface area contributed by atoms with Gasteiger partial charge in [0.1, 0.15) is 11.3 Å². The molecule has 2 heterocycles. The predicted molar refractivity (Wildman–Crippen MR) is 96.0 cm³/mol. The molecule has 1 aliphatic heterocycles. The summed E-state index contributed by atoms with van der Waals surface area (Å²) in [4.78, 5) is 18.4. The largest absolute Gasteiger partial charge is 0.373 e. The molecule has 5 nitrogen and oxygen atoms in total. The first kappa shape index (κ1) is 17.0. The Balaban J connectivity index is 1.67. The molecular weight excluding hydrogens is 314 g/mol. The molecule has 0 aromatic carbocycles. The van der Waals surface area contributed by atoms with Crippen molar-refractivity contribution in [2.24, 2.45) is 23.5 Å². The first-order valence-electron chi connectivity index (χ1n) is 9.60. The van der Waals surface area contributed by atoms with Crippen molar-refractivity contribution < 1.29 is 9.53 Å². The molecule has 1 unspecified atom stereocenters. The van der Waals surface area contributed by atoms with Gasteiger partial charge in [0.05, 0.1) is 0 Å². The monoisotopic (exact) mass is 343 g/mol. The number of methoxy groups -OCH3 is 1. The van der Waals surface area contributed by atoms with Gasteiger partial charge in [0, 0.05) is 44.3 Å². The summed E-state index contributed by atoms with van der Waals surface area (Å²) in [6.07, 6.45) is 7.99. The van der Waals surface area contributed by atoms with Crippen molar-refractivity contribution in [1.29, 1.82) is 0 Å². The van der Waals surface area contributed by atoms with Crippen LogP contribution in [0.25, 0.3) is 0 Å². The summed E-state index contributed by atoms with van der Waals surface area (Å²) in [5, 5.41) is 0. The van der Waals surface area contributed by atoms with Crippen LogP contribution in [0.1, 0.15) is 55.1 Å². The highest BCUT2D eigenvalue weighted by atomic mass is 16.5. The zero-order valence-corrected chi connectivity index (χ0v) is 15.3. The lowest BCUT2D eigenvalue weighted by Gasteiger charge is -2.58. The van der Waals surface area contributed by atoms with Crippen LogP contribution in [-0.2, 0) is 10.3 Å². The number of nitrogens with two attached hydrogens (primary N) is 1. The minimum Gasteiger partial charge on any atom is -0.373 e. The van der Waals surface area contributed by atoms with E-state index in [0.29, 0.717) is 17.5 Å². The standard InChI is InChI=1S/C20H29N3O2/c1-13-8-17(9-13)23-11-15-4-3-5-16(12-23)20(15,25-2)14-6-7-22-18(10-14)19(21)24/h6-7,10,13,15-17H,3-5,8-9,11-12H2,1-2H3,(H2,21,24)/t13?,15-,16+,17?,20?. The van der Waals surface area contributed by atoms with Gasteiger partial charge in [0.2, 0.25) is 0 Å². The molecule has 3 fully saturated rings. The maximum absolute atomic E-state index is 11.6. The van der Waals surface area contributed by atoms with Crippen molar-refractivity contribution in [1.82, 2.24) is 9.88 Å². The van der Waals surface area contributed by atoms with Crippen molar-refractivity contribution in [3.8, 4) is 0 Å². The van der Waals surface area contributed by atoms with E-state index in [2.05, 4.69) is 16.8 Å². The zero-order chi connectivity index (χ0) is 17.6. The minimum atomic E-state index is -0.473. The first-order valence-corrected chi connectivity index (χ1v) is 9.60. The molecule has 0 radical (unpaired) electrons. The number of fused-ring (bicyclic) bond motifs is 2. The lowest BCUT2D eigenvalue weighted by molar-refractivity contribution is -0.179. The number of ether oxygens (including phenoxy) is 1. The molecule has 1 amide bonds. The minimum absolute atomic E-state index is 0.308. The number of carbonyl (C=O) groups is 1. The van der Waals surface area contributed by atoms with Crippen LogP contribution in [0.2, 0.25) is 0 Å². The quantitative estimate of drug-likeness (QED) is 0.912. The summed E-state index contributed by atoms with van der Waals surface area (Å²) in [7, 11) is 1.83. The number of primary amides is 1. The summed E-state index contributed by atoms with van der Waals surface area (Å²) >= 11 is 0. The normalized spacial score (nSPS) is 38.2. The third kappa shape index (κ3) is 2.68. The molecule has 2 N–H and O–H groups in total. The van der Waals surface area contributed by atoms with Gasteiger partial charge in [-0.05, 0) is 49.3 Å². The van der Waals surface area contributed by atoms with Gasteiger partial charge in [-0.25, -0.2) is 0 Å². The fourth-order valence-electron chi connectivity index (χ4n) is 5.65. The molecule has 2 aliphatic carbocycles. The smallest absolute Gasteiger partial charge is 0.267 e. The molecule has 1 aromatic heterocycles. The highest BCUT2D eigenvalue weighted by Crippen LogP contribution is 2.52. The number of rotatable bonds is 4. The van der Waals surface area contributed by atoms with E-state index in [9.17, 15) is 4.79 Å². The van der Waals surface area contributed by atoms with E-state index in [4.69, 9.17) is 10.5 Å². The summed E-state index contributed by atoms with van der Waals surface area (Å²) < 4.78 is 6.26. The van der Waals surface area contributed by atoms with Gasteiger partial charge in [-0.2, -0.15) is 0 Å². The van der Waals surface area contributed by atoms with Crippen LogP contribution in [0.15, 0.2) is 18.3 Å². The number of nitrogens with zero attached hydrogens (tertiary/aromatic N) is 2.